The lowest BCUT2D eigenvalue weighted by Crippen LogP contribution is -1.82. The van der Waals surface area contributed by atoms with Gasteiger partial charge in [0.15, 0.2) is 5.82 Å². The third kappa shape index (κ3) is 2.73. The van der Waals surface area contributed by atoms with Crippen molar-refractivity contribution >= 4 is 29.5 Å². The number of benzene rings is 1. The summed E-state index contributed by atoms with van der Waals surface area (Å²) >= 11 is 11.1. The molecule has 0 spiro atoms. The first-order valence-electron chi connectivity index (χ1n) is 3.72. The molecular formula is C10H5Cl2FO. The number of halogens is 3. The quantitative estimate of drug-likeness (QED) is 0.412. The van der Waals surface area contributed by atoms with Gasteiger partial charge in [-0.25, -0.2) is 4.39 Å². The summed E-state index contributed by atoms with van der Waals surface area (Å²) in [7, 11) is 0. The van der Waals surface area contributed by atoms with E-state index in [-0.39, 0.29) is 16.5 Å². The maximum atomic E-state index is 12.9. The van der Waals surface area contributed by atoms with Crippen molar-refractivity contribution in [2.24, 2.45) is 0 Å². The summed E-state index contributed by atoms with van der Waals surface area (Å²) < 4.78 is 12.9. The van der Waals surface area contributed by atoms with E-state index in [2.05, 4.69) is 11.8 Å². The minimum absolute atomic E-state index is 0.0760. The van der Waals surface area contributed by atoms with Crippen molar-refractivity contribution in [3.05, 3.63) is 33.6 Å². The predicted molar refractivity (Wildman–Crippen MR) is 54.0 cm³/mol. The van der Waals surface area contributed by atoms with Crippen LogP contribution in [0.2, 0.25) is 10.0 Å². The van der Waals surface area contributed by atoms with Crippen LogP contribution in [0.3, 0.4) is 0 Å². The number of hydrogen-bond donors (Lipinski definition) is 0. The molecule has 72 valence electrons. The normalized spacial score (nSPS) is 9.07. The highest BCUT2D eigenvalue weighted by Crippen LogP contribution is 2.24. The Bertz CT molecular complexity index is 395. The van der Waals surface area contributed by atoms with E-state index in [1.165, 1.54) is 12.1 Å². The second-order valence-electron chi connectivity index (χ2n) is 2.43. The van der Waals surface area contributed by atoms with E-state index in [1.807, 2.05) is 0 Å². The van der Waals surface area contributed by atoms with Gasteiger partial charge in [0.05, 0.1) is 16.5 Å². The van der Waals surface area contributed by atoms with Gasteiger partial charge in [-0.3, -0.25) is 0 Å². The Morgan fingerprint density at radius 3 is 2.43 bits per heavy atom. The number of hydrogen-bond acceptors (Lipinski definition) is 1. The Balaban J connectivity index is 3.02. The summed E-state index contributed by atoms with van der Waals surface area (Å²) in [6.07, 6.45) is 0.812. The molecule has 1 nitrogen and oxygen atoms in total. The first-order chi connectivity index (χ1) is 6.65. The minimum atomic E-state index is -0.658. The number of aldehydes is 1. The highest BCUT2D eigenvalue weighted by molar-refractivity contribution is 6.35. The zero-order valence-electron chi connectivity index (χ0n) is 6.98. The van der Waals surface area contributed by atoms with Gasteiger partial charge in [-0.05, 0) is 12.1 Å². The lowest BCUT2D eigenvalue weighted by molar-refractivity contribution is -0.107. The monoisotopic (exact) mass is 230 g/mol. The maximum absolute atomic E-state index is 12.9. The molecule has 0 amide bonds. The maximum Gasteiger partial charge on any atom is 0.160 e. The van der Waals surface area contributed by atoms with Crippen LogP contribution in [0.5, 0.6) is 0 Å². The van der Waals surface area contributed by atoms with Gasteiger partial charge < -0.3 is 4.79 Å². The number of rotatable bonds is 1. The summed E-state index contributed by atoms with van der Waals surface area (Å²) in [5.41, 5.74) is 0.489. The second-order valence-corrected chi connectivity index (χ2v) is 3.24. The van der Waals surface area contributed by atoms with Crippen molar-refractivity contribution in [3.63, 3.8) is 0 Å². The molecule has 0 aromatic heterocycles. The Labute approximate surface area is 90.8 Å². The van der Waals surface area contributed by atoms with Crippen LogP contribution in [0.1, 0.15) is 12.0 Å². The van der Waals surface area contributed by atoms with E-state index in [4.69, 9.17) is 23.2 Å². The molecule has 0 bridgehead atoms. The first-order valence-corrected chi connectivity index (χ1v) is 4.48. The van der Waals surface area contributed by atoms with Crippen LogP contribution in [-0.2, 0) is 4.79 Å². The van der Waals surface area contributed by atoms with Crippen LogP contribution in [0, 0.1) is 17.7 Å². The molecule has 4 heteroatoms. The zero-order valence-corrected chi connectivity index (χ0v) is 8.49. The fourth-order valence-corrected chi connectivity index (χ4v) is 1.31. The molecule has 0 fully saturated rings. The van der Waals surface area contributed by atoms with Gasteiger partial charge in [0.2, 0.25) is 0 Å². The van der Waals surface area contributed by atoms with E-state index >= 15 is 0 Å². The van der Waals surface area contributed by atoms with Gasteiger partial charge >= 0.3 is 0 Å². The third-order valence-corrected chi connectivity index (χ3v) is 1.95. The Hall–Kier alpha value is -1.04. The molecule has 0 saturated carbocycles. The van der Waals surface area contributed by atoms with E-state index in [0.717, 1.165) is 0 Å². The fraction of sp³-hybridized carbons (Fsp3) is 0.100. The number of carbonyl (C=O) groups is 1. The minimum Gasteiger partial charge on any atom is -0.302 e. The van der Waals surface area contributed by atoms with E-state index < -0.39 is 5.82 Å². The van der Waals surface area contributed by atoms with Gasteiger partial charge in [-0.1, -0.05) is 35.0 Å². The topological polar surface area (TPSA) is 17.1 Å². The zero-order chi connectivity index (χ0) is 10.6. The molecule has 0 radical (unpaired) electrons. The second kappa shape index (κ2) is 4.99. The molecule has 0 N–H and O–H groups in total. The van der Waals surface area contributed by atoms with E-state index in [1.54, 1.807) is 0 Å². The average molecular weight is 231 g/mol. The molecular weight excluding hydrogens is 226 g/mol. The van der Waals surface area contributed by atoms with Gasteiger partial charge in [-0.2, -0.15) is 0 Å². The standard InChI is InChI=1S/C10H5Cl2FO/c11-8-5-7(3-1-2-4-14)6-9(12)10(8)13/h4-6H,2H2. The van der Waals surface area contributed by atoms with Crippen LogP contribution < -0.4 is 0 Å². The summed E-state index contributed by atoms with van der Waals surface area (Å²) in [4.78, 5) is 9.97. The summed E-state index contributed by atoms with van der Waals surface area (Å²) in [6.45, 7) is 0. The molecule has 1 rings (SSSR count). The number of carbonyl (C=O) groups excluding carboxylic acids is 1. The van der Waals surface area contributed by atoms with Crippen molar-refractivity contribution in [1.82, 2.24) is 0 Å². The van der Waals surface area contributed by atoms with Gasteiger partial charge in [0.25, 0.3) is 0 Å². The molecule has 0 atom stereocenters. The van der Waals surface area contributed by atoms with Crippen molar-refractivity contribution < 1.29 is 9.18 Å². The van der Waals surface area contributed by atoms with Gasteiger partial charge in [0.1, 0.15) is 6.29 Å². The molecule has 0 aliphatic rings. The van der Waals surface area contributed by atoms with Gasteiger partial charge in [-0.15, -0.1) is 0 Å². The highest BCUT2D eigenvalue weighted by atomic mass is 35.5. The van der Waals surface area contributed by atoms with Crippen LogP contribution >= 0.6 is 23.2 Å². The molecule has 0 heterocycles. The fourth-order valence-electron chi connectivity index (χ4n) is 0.822. The average Bonchev–Trinajstić information content (AvgIpc) is 2.14. The summed E-state index contributed by atoms with van der Waals surface area (Å²) in [6, 6.07) is 2.72. The first kappa shape index (κ1) is 11.0. The molecule has 0 aliphatic carbocycles. The molecule has 0 unspecified atom stereocenters. The molecule has 1 aromatic carbocycles. The Morgan fingerprint density at radius 2 is 1.93 bits per heavy atom. The molecule has 0 saturated heterocycles. The van der Waals surface area contributed by atoms with Crippen LogP contribution in [0.15, 0.2) is 12.1 Å². The van der Waals surface area contributed by atoms with E-state index in [0.29, 0.717) is 11.8 Å². The van der Waals surface area contributed by atoms with Crippen molar-refractivity contribution in [2.75, 3.05) is 0 Å². The largest absolute Gasteiger partial charge is 0.302 e. The molecule has 1 aromatic rings. The van der Waals surface area contributed by atoms with Crippen molar-refractivity contribution in [2.45, 2.75) is 6.42 Å². The molecule has 14 heavy (non-hydrogen) atoms. The summed E-state index contributed by atoms with van der Waals surface area (Å²) in [5, 5.41) is -0.152. The highest BCUT2D eigenvalue weighted by Gasteiger charge is 2.05. The Kier molecular flexibility index (Phi) is 3.94. The molecule has 0 aliphatic heterocycles. The van der Waals surface area contributed by atoms with Crippen LogP contribution in [0.25, 0.3) is 0 Å². The van der Waals surface area contributed by atoms with Gasteiger partial charge in [0, 0.05) is 5.56 Å². The summed E-state index contributed by atoms with van der Waals surface area (Å²) in [5.74, 6) is 4.55. The predicted octanol–water partition coefficient (Wildman–Crippen LogP) is 3.07. The van der Waals surface area contributed by atoms with Crippen LogP contribution in [-0.4, -0.2) is 6.29 Å². The van der Waals surface area contributed by atoms with Crippen LogP contribution in [0.4, 0.5) is 4.39 Å². The van der Waals surface area contributed by atoms with Crippen molar-refractivity contribution in [3.8, 4) is 11.8 Å². The third-order valence-electron chi connectivity index (χ3n) is 1.40. The Morgan fingerprint density at radius 1 is 1.36 bits per heavy atom. The smallest absolute Gasteiger partial charge is 0.160 e. The SMILES string of the molecule is O=CCC#Cc1cc(Cl)c(F)c(Cl)c1. The lowest BCUT2D eigenvalue weighted by atomic mass is 10.2. The van der Waals surface area contributed by atoms with E-state index in [9.17, 15) is 9.18 Å². The lowest BCUT2D eigenvalue weighted by Gasteiger charge is -1.97. The van der Waals surface area contributed by atoms with Crippen molar-refractivity contribution in [1.29, 1.82) is 0 Å².